The van der Waals surface area contributed by atoms with Crippen LogP contribution in [0.25, 0.3) is 0 Å². The zero-order valence-corrected chi connectivity index (χ0v) is 15.1. The van der Waals surface area contributed by atoms with Gasteiger partial charge in [-0.05, 0) is 69.8 Å². The van der Waals surface area contributed by atoms with E-state index < -0.39 is 0 Å². The second-order valence-electron chi connectivity index (χ2n) is 7.08. The Morgan fingerprint density at radius 3 is 2.38 bits per heavy atom. The van der Waals surface area contributed by atoms with Gasteiger partial charge in [0.2, 0.25) is 0 Å². The third kappa shape index (κ3) is 5.30. The first-order valence-electron chi connectivity index (χ1n) is 9.08. The van der Waals surface area contributed by atoms with E-state index in [2.05, 4.69) is 19.0 Å². The van der Waals surface area contributed by atoms with Gasteiger partial charge < -0.3 is 9.64 Å². The molecule has 0 aromatic heterocycles. The molecule has 1 aliphatic carbocycles. The lowest BCUT2D eigenvalue weighted by Gasteiger charge is -2.37. The molecule has 3 nitrogen and oxygen atoms in total. The second kappa shape index (κ2) is 9.16. The van der Waals surface area contributed by atoms with Gasteiger partial charge in [0.15, 0.2) is 0 Å². The van der Waals surface area contributed by atoms with Crippen LogP contribution >= 0.6 is 0 Å². The van der Waals surface area contributed by atoms with Crippen LogP contribution in [0.1, 0.15) is 57.1 Å². The molecular formula is C20H30FNO2. The van der Waals surface area contributed by atoms with Crippen molar-refractivity contribution < 1.29 is 13.9 Å². The standard InChI is InChI=1S/C20H30FNO2/c1-4-24-19(23)14-7-15-5-8-16(9-6-15)20(22(2)3)17-10-12-18(21)13-11-17/h10-13,15-16,20H,4-9,14H2,1-3H3. The van der Waals surface area contributed by atoms with Crippen molar-refractivity contribution in [2.45, 2.75) is 51.5 Å². The van der Waals surface area contributed by atoms with Gasteiger partial charge in [0.05, 0.1) is 6.61 Å². The minimum atomic E-state index is -0.182. The highest BCUT2D eigenvalue weighted by Crippen LogP contribution is 2.40. The predicted octanol–water partition coefficient (Wildman–Crippen LogP) is 4.58. The van der Waals surface area contributed by atoms with Crippen molar-refractivity contribution in [3.8, 4) is 0 Å². The van der Waals surface area contributed by atoms with Gasteiger partial charge in [0, 0.05) is 12.5 Å². The van der Waals surface area contributed by atoms with Crippen molar-refractivity contribution in [1.29, 1.82) is 0 Å². The first-order valence-corrected chi connectivity index (χ1v) is 9.08. The smallest absolute Gasteiger partial charge is 0.305 e. The summed E-state index contributed by atoms with van der Waals surface area (Å²) in [5, 5.41) is 0. The molecule has 4 heteroatoms. The fraction of sp³-hybridized carbons (Fsp3) is 0.650. The summed E-state index contributed by atoms with van der Waals surface area (Å²) in [6.07, 6.45) is 6.12. The van der Waals surface area contributed by atoms with Crippen LogP contribution in [-0.4, -0.2) is 31.6 Å². The number of hydrogen-bond acceptors (Lipinski definition) is 3. The number of ether oxygens (including phenoxy) is 1. The number of esters is 1. The van der Waals surface area contributed by atoms with E-state index in [9.17, 15) is 9.18 Å². The first-order chi connectivity index (χ1) is 11.5. The molecule has 2 rings (SSSR count). The molecule has 0 N–H and O–H groups in total. The summed E-state index contributed by atoms with van der Waals surface area (Å²) in [4.78, 5) is 13.7. The van der Waals surface area contributed by atoms with E-state index in [-0.39, 0.29) is 11.8 Å². The van der Waals surface area contributed by atoms with Gasteiger partial charge in [-0.1, -0.05) is 25.0 Å². The fourth-order valence-electron chi connectivity index (χ4n) is 4.00. The molecular weight excluding hydrogens is 305 g/mol. The molecule has 0 radical (unpaired) electrons. The van der Waals surface area contributed by atoms with E-state index in [1.165, 1.54) is 5.56 Å². The molecule has 1 unspecified atom stereocenters. The van der Waals surface area contributed by atoms with Crippen LogP contribution in [0.3, 0.4) is 0 Å². The molecule has 134 valence electrons. The number of carbonyl (C=O) groups excluding carboxylic acids is 1. The van der Waals surface area contributed by atoms with E-state index >= 15 is 0 Å². The molecule has 1 saturated carbocycles. The van der Waals surface area contributed by atoms with E-state index in [0.29, 0.717) is 30.9 Å². The van der Waals surface area contributed by atoms with E-state index in [4.69, 9.17) is 4.74 Å². The summed E-state index contributed by atoms with van der Waals surface area (Å²) >= 11 is 0. The summed E-state index contributed by atoms with van der Waals surface area (Å²) in [7, 11) is 4.20. The zero-order valence-electron chi connectivity index (χ0n) is 15.1. The van der Waals surface area contributed by atoms with Crippen LogP contribution in [0.4, 0.5) is 4.39 Å². The molecule has 0 saturated heterocycles. The lowest BCUT2D eigenvalue weighted by molar-refractivity contribution is -0.143. The molecule has 1 aromatic rings. The minimum absolute atomic E-state index is 0.0721. The predicted molar refractivity (Wildman–Crippen MR) is 94.1 cm³/mol. The number of benzene rings is 1. The Morgan fingerprint density at radius 1 is 1.21 bits per heavy atom. The number of hydrogen-bond donors (Lipinski definition) is 0. The Hall–Kier alpha value is -1.42. The molecule has 1 aliphatic rings. The summed E-state index contributed by atoms with van der Waals surface area (Å²) in [6, 6.07) is 7.25. The largest absolute Gasteiger partial charge is 0.466 e. The Balaban J connectivity index is 1.89. The summed E-state index contributed by atoms with van der Waals surface area (Å²) in [5.41, 5.74) is 1.19. The van der Waals surface area contributed by atoms with Crippen LogP contribution in [0, 0.1) is 17.7 Å². The van der Waals surface area contributed by atoms with Crippen molar-refractivity contribution in [3.63, 3.8) is 0 Å². The van der Waals surface area contributed by atoms with Crippen molar-refractivity contribution in [3.05, 3.63) is 35.6 Å². The van der Waals surface area contributed by atoms with Crippen LogP contribution in [-0.2, 0) is 9.53 Å². The molecule has 0 bridgehead atoms. The molecule has 0 amide bonds. The summed E-state index contributed by atoms with van der Waals surface area (Å²) in [6.45, 7) is 2.31. The molecule has 0 aliphatic heterocycles. The summed E-state index contributed by atoms with van der Waals surface area (Å²) in [5.74, 6) is 0.960. The molecule has 24 heavy (non-hydrogen) atoms. The molecule has 1 atom stereocenters. The average Bonchev–Trinajstić information content (AvgIpc) is 2.56. The fourth-order valence-corrected chi connectivity index (χ4v) is 4.00. The normalized spacial score (nSPS) is 22.4. The highest BCUT2D eigenvalue weighted by Gasteiger charge is 2.30. The maximum Gasteiger partial charge on any atom is 0.305 e. The third-order valence-corrected chi connectivity index (χ3v) is 5.17. The van der Waals surface area contributed by atoms with Gasteiger partial charge in [-0.2, -0.15) is 0 Å². The van der Waals surface area contributed by atoms with E-state index in [1.54, 1.807) is 12.1 Å². The van der Waals surface area contributed by atoms with Crippen LogP contribution in [0.15, 0.2) is 24.3 Å². The lowest BCUT2D eigenvalue weighted by Crippen LogP contribution is -2.30. The van der Waals surface area contributed by atoms with Crippen molar-refractivity contribution in [2.24, 2.45) is 11.8 Å². The SMILES string of the molecule is CCOC(=O)CCC1CCC(C(c2ccc(F)cc2)N(C)C)CC1. The number of rotatable bonds is 7. The summed E-state index contributed by atoms with van der Waals surface area (Å²) < 4.78 is 18.2. The number of halogens is 1. The third-order valence-electron chi connectivity index (χ3n) is 5.17. The van der Waals surface area contributed by atoms with Gasteiger partial charge in [-0.15, -0.1) is 0 Å². The maximum absolute atomic E-state index is 13.2. The van der Waals surface area contributed by atoms with Gasteiger partial charge in [-0.3, -0.25) is 4.79 Å². The lowest BCUT2D eigenvalue weighted by atomic mass is 9.75. The Labute approximate surface area is 145 Å². The van der Waals surface area contributed by atoms with E-state index in [0.717, 1.165) is 32.1 Å². The molecule has 1 fully saturated rings. The number of nitrogens with zero attached hydrogens (tertiary/aromatic N) is 1. The first kappa shape index (κ1) is 18.9. The van der Waals surface area contributed by atoms with Crippen LogP contribution < -0.4 is 0 Å². The van der Waals surface area contributed by atoms with Crippen LogP contribution in [0.2, 0.25) is 0 Å². The topological polar surface area (TPSA) is 29.5 Å². The second-order valence-corrected chi connectivity index (χ2v) is 7.08. The average molecular weight is 335 g/mol. The van der Waals surface area contributed by atoms with Gasteiger partial charge in [-0.25, -0.2) is 4.39 Å². The van der Waals surface area contributed by atoms with Gasteiger partial charge in [0.25, 0.3) is 0 Å². The van der Waals surface area contributed by atoms with Crippen LogP contribution in [0.5, 0.6) is 0 Å². The molecule has 0 spiro atoms. The van der Waals surface area contributed by atoms with Gasteiger partial charge >= 0.3 is 5.97 Å². The highest BCUT2D eigenvalue weighted by molar-refractivity contribution is 5.69. The minimum Gasteiger partial charge on any atom is -0.466 e. The van der Waals surface area contributed by atoms with E-state index in [1.807, 2.05) is 19.1 Å². The quantitative estimate of drug-likeness (QED) is 0.683. The zero-order chi connectivity index (χ0) is 17.5. The monoisotopic (exact) mass is 335 g/mol. The maximum atomic E-state index is 13.2. The Kier molecular flexibility index (Phi) is 7.22. The Bertz CT molecular complexity index is 507. The molecule has 1 aromatic carbocycles. The molecule has 0 heterocycles. The van der Waals surface area contributed by atoms with Crippen molar-refractivity contribution in [2.75, 3.05) is 20.7 Å². The van der Waals surface area contributed by atoms with Crippen molar-refractivity contribution >= 4 is 5.97 Å². The Morgan fingerprint density at radius 2 is 1.83 bits per heavy atom. The number of carbonyl (C=O) groups is 1. The van der Waals surface area contributed by atoms with Gasteiger partial charge in [0.1, 0.15) is 5.82 Å². The van der Waals surface area contributed by atoms with Crippen molar-refractivity contribution in [1.82, 2.24) is 4.90 Å². The highest BCUT2D eigenvalue weighted by atomic mass is 19.1.